The third-order valence-corrected chi connectivity index (χ3v) is 5.55. The fraction of sp³-hybridized carbons (Fsp3) is 0.588. The number of likely N-dealkylation sites (tertiary alicyclic amines) is 1. The largest absolute Gasteiger partial charge is 0.497 e. The van der Waals surface area contributed by atoms with Crippen molar-refractivity contribution in [2.75, 3.05) is 46.4 Å². The Morgan fingerprint density at radius 3 is 2.87 bits per heavy atom. The van der Waals surface area contributed by atoms with Gasteiger partial charge in [0.15, 0.2) is 0 Å². The SMILES string of the molecule is COc1ccc(Br)c(CC(=O)N2CCC(N3CCNCC3)C2)c1. The summed E-state index contributed by atoms with van der Waals surface area (Å²) in [6.45, 7) is 6.03. The van der Waals surface area contributed by atoms with Crippen LogP contribution in [0.1, 0.15) is 12.0 Å². The summed E-state index contributed by atoms with van der Waals surface area (Å²) in [7, 11) is 1.65. The van der Waals surface area contributed by atoms with E-state index in [9.17, 15) is 4.79 Å². The van der Waals surface area contributed by atoms with Crippen LogP contribution in [0.15, 0.2) is 22.7 Å². The molecule has 2 aliphatic rings. The van der Waals surface area contributed by atoms with Crippen molar-refractivity contribution in [3.05, 3.63) is 28.2 Å². The van der Waals surface area contributed by atoms with Gasteiger partial charge in [0.2, 0.25) is 5.91 Å². The monoisotopic (exact) mass is 381 g/mol. The second-order valence-electron chi connectivity index (χ2n) is 6.20. The van der Waals surface area contributed by atoms with Crippen molar-refractivity contribution >= 4 is 21.8 Å². The molecular weight excluding hydrogens is 358 g/mol. The second kappa shape index (κ2) is 7.64. The van der Waals surface area contributed by atoms with E-state index in [2.05, 4.69) is 26.1 Å². The molecule has 0 aliphatic carbocycles. The lowest BCUT2D eigenvalue weighted by molar-refractivity contribution is -0.129. The Labute approximate surface area is 146 Å². The van der Waals surface area contributed by atoms with Gasteiger partial charge in [-0.3, -0.25) is 9.69 Å². The molecule has 0 spiro atoms. The topological polar surface area (TPSA) is 44.8 Å². The minimum absolute atomic E-state index is 0.205. The summed E-state index contributed by atoms with van der Waals surface area (Å²) in [5, 5.41) is 3.38. The third kappa shape index (κ3) is 4.05. The molecule has 2 saturated heterocycles. The van der Waals surface area contributed by atoms with Crippen molar-refractivity contribution in [3.8, 4) is 5.75 Å². The fourth-order valence-corrected chi connectivity index (χ4v) is 3.79. The highest BCUT2D eigenvalue weighted by Crippen LogP contribution is 2.24. The summed E-state index contributed by atoms with van der Waals surface area (Å²) in [6.07, 6.45) is 1.51. The number of hydrogen-bond acceptors (Lipinski definition) is 4. The first-order chi connectivity index (χ1) is 11.2. The van der Waals surface area contributed by atoms with Gasteiger partial charge in [0.05, 0.1) is 13.5 Å². The molecule has 1 amide bonds. The molecule has 1 aromatic carbocycles. The molecule has 0 radical (unpaired) electrons. The molecule has 126 valence electrons. The van der Waals surface area contributed by atoms with Gasteiger partial charge < -0.3 is 15.0 Å². The first kappa shape index (κ1) is 16.7. The molecule has 0 bridgehead atoms. The molecule has 0 saturated carbocycles. The van der Waals surface area contributed by atoms with Gasteiger partial charge in [-0.2, -0.15) is 0 Å². The van der Waals surface area contributed by atoms with Crippen LogP contribution < -0.4 is 10.1 Å². The Hall–Kier alpha value is -1.11. The van der Waals surface area contributed by atoms with E-state index in [1.807, 2.05) is 23.1 Å². The van der Waals surface area contributed by atoms with E-state index in [4.69, 9.17) is 4.74 Å². The maximum absolute atomic E-state index is 12.6. The molecular formula is C17H24BrN3O2. The minimum Gasteiger partial charge on any atom is -0.497 e. The van der Waals surface area contributed by atoms with Gasteiger partial charge in [-0.15, -0.1) is 0 Å². The van der Waals surface area contributed by atoms with E-state index in [0.29, 0.717) is 12.5 Å². The lowest BCUT2D eigenvalue weighted by Crippen LogP contribution is -2.49. The van der Waals surface area contributed by atoms with Crippen LogP contribution in [0.4, 0.5) is 0 Å². The summed E-state index contributed by atoms with van der Waals surface area (Å²) < 4.78 is 6.22. The van der Waals surface area contributed by atoms with Crippen molar-refractivity contribution in [1.82, 2.24) is 15.1 Å². The maximum Gasteiger partial charge on any atom is 0.227 e. The molecule has 3 rings (SSSR count). The van der Waals surface area contributed by atoms with E-state index >= 15 is 0 Å². The van der Waals surface area contributed by atoms with Crippen LogP contribution in [-0.4, -0.2) is 68.1 Å². The van der Waals surface area contributed by atoms with Crippen LogP contribution in [0.5, 0.6) is 5.75 Å². The van der Waals surface area contributed by atoms with Gasteiger partial charge in [-0.05, 0) is 30.2 Å². The van der Waals surface area contributed by atoms with Crippen LogP contribution in [0.25, 0.3) is 0 Å². The van der Waals surface area contributed by atoms with E-state index < -0.39 is 0 Å². The van der Waals surface area contributed by atoms with Gasteiger partial charge in [0.25, 0.3) is 0 Å². The Morgan fingerprint density at radius 2 is 2.13 bits per heavy atom. The van der Waals surface area contributed by atoms with Gasteiger partial charge in [0, 0.05) is 49.8 Å². The summed E-state index contributed by atoms with van der Waals surface area (Å²) in [5.74, 6) is 0.993. The Morgan fingerprint density at radius 1 is 1.35 bits per heavy atom. The van der Waals surface area contributed by atoms with Crippen LogP contribution in [0.3, 0.4) is 0 Å². The number of ether oxygens (including phenoxy) is 1. The van der Waals surface area contributed by atoms with Crippen LogP contribution in [0.2, 0.25) is 0 Å². The summed E-state index contributed by atoms with van der Waals surface area (Å²) >= 11 is 3.53. The first-order valence-corrected chi connectivity index (χ1v) is 9.01. The maximum atomic E-state index is 12.6. The molecule has 1 aromatic rings. The zero-order valence-electron chi connectivity index (χ0n) is 13.6. The summed E-state index contributed by atoms with van der Waals surface area (Å²) in [5.41, 5.74) is 0.986. The van der Waals surface area contributed by atoms with E-state index in [0.717, 1.165) is 61.5 Å². The van der Waals surface area contributed by atoms with Gasteiger partial charge >= 0.3 is 0 Å². The molecule has 1 N–H and O–H groups in total. The lowest BCUT2D eigenvalue weighted by Gasteiger charge is -2.32. The van der Waals surface area contributed by atoms with Crippen LogP contribution in [-0.2, 0) is 11.2 Å². The zero-order valence-corrected chi connectivity index (χ0v) is 15.1. The molecule has 23 heavy (non-hydrogen) atoms. The molecule has 5 nitrogen and oxygen atoms in total. The number of halogens is 1. The van der Waals surface area contributed by atoms with E-state index in [1.54, 1.807) is 7.11 Å². The van der Waals surface area contributed by atoms with Crippen LogP contribution in [0, 0.1) is 0 Å². The quantitative estimate of drug-likeness (QED) is 0.858. The average Bonchev–Trinajstić information content (AvgIpc) is 3.08. The minimum atomic E-state index is 0.205. The van der Waals surface area contributed by atoms with Gasteiger partial charge in [-0.25, -0.2) is 0 Å². The number of hydrogen-bond donors (Lipinski definition) is 1. The number of amides is 1. The highest BCUT2D eigenvalue weighted by Gasteiger charge is 2.30. The molecule has 2 fully saturated rings. The van der Waals surface area contributed by atoms with Crippen molar-refractivity contribution in [2.45, 2.75) is 18.9 Å². The normalized spacial score (nSPS) is 22.3. The lowest BCUT2D eigenvalue weighted by atomic mass is 10.1. The molecule has 6 heteroatoms. The molecule has 2 heterocycles. The predicted molar refractivity (Wildman–Crippen MR) is 93.8 cm³/mol. The number of piperazine rings is 1. The van der Waals surface area contributed by atoms with E-state index in [1.165, 1.54) is 0 Å². The molecule has 1 unspecified atom stereocenters. The van der Waals surface area contributed by atoms with Crippen molar-refractivity contribution in [1.29, 1.82) is 0 Å². The number of nitrogens with one attached hydrogen (secondary N) is 1. The Bertz CT molecular complexity index is 561. The Balaban J connectivity index is 1.59. The first-order valence-electron chi connectivity index (χ1n) is 8.22. The van der Waals surface area contributed by atoms with Crippen molar-refractivity contribution < 1.29 is 9.53 Å². The standard InChI is InChI=1S/C17H24BrN3O2/c1-23-15-2-3-16(18)13(10-15)11-17(22)21-7-4-14(12-21)20-8-5-19-6-9-20/h2-3,10,14,19H,4-9,11-12H2,1H3. The average molecular weight is 382 g/mol. The zero-order chi connectivity index (χ0) is 16.2. The summed E-state index contributed by atoms with van der Waals surface area (Å²) in [6, 6.07) is 6.30. The number of methoxy groups -OCH3 is 1. The van der Waals surface area contributed by atoms with Crippen molar-refractivity contribution in [2.24, 2.45) is 0 Å². The molecule has 0 aromatic heterocycles. The third-order valence-electron chi connectivity index (χ3n) is 4.78. The van der Waals surface area contributed by atoms with Gasteiger partial charge in [0.1, 0.15) is 5.75 Å². The van der Waals surface area contributed by atoms with E-state index in [-0.39, 0.29) is 5.91 Å². The number of carbonyl (C=O) groups is 1. The number of nitrogens with zero attached hydrogens (tertiary/aromatic N) is 2. The van der Waals surface area contributed by atoms with Crippen molar-refractivity contribution in [3.63, 3.8) is 0 Å². The Kier molecular flexibility index (Phi) is 5.56. The fourth-order valence-electron chi connectivity index (χ4n) is 3.40. The highest BCUT2D eigenvalue weighted by molar-refractivity contribution is 9.10. The van der Waals surface area contributed by atoms with Gasteiger partial charge in [-0.1, -0.05) is 15.9 Å². The molecule has 1 atom stereocenters. The molecule has 2 aliphatic heterocycles. The smallest absolute Gasteiger partial charge is 0.227 e. The highest BCUT2D eigenvalue weighted by atomic mass is 79.9. The predicted octanol–water partition coefficient (Wildman–Crippen LogP) is 1.51. The summed E-state index contributed by atoms with van der Waals surface area (Å²) in [4.78, 5) is 17.2. The number of carbonyl (C=O) groups excluding carboxylic acids is 1. The second-order valence-corrected chi connectivity index (χ2v) is 7.06. The number of benzene rings is 1. The number of rotatable bonds is 4. The van der Waals surface area contributed by atoms with Crippen LogP contribution >= 0.6 is 15.9 Å².